The number of rotatable bonds is 3. The molecule has 2 aromatic carbocycles. The normalized spacial score (nSPS) is 13.4. The molecule has 0 fully saturated rings. The van der Waals surface area contributed by atoms with Crippen LogP contribution in [0.1, 0.15) is 17.5 Å². The molecular formula is C19H24IN3O2. The number of aryl methyl sites for hydroxylation is 1. The van der Waals surface area contributed by atoms with Gasteiger partial charge in [0.15, 0.2) is 17.5 Å². The maximum Gasteiger partial charge on any atom is 0.195 e. The maximum atomic E-state index is 5.72. The molecule has 6 heteroatoms. The third-order valence-corrected chi connectivity index (χ3v) is 3.78. The van der Waals surface area contributed by atoms with Crippen LogP contribution in [0.2, 0.25) is 0 Å². The predicted octanol–water partition coefficient (Wildman–Crippen LogP) is 3.96. The minimum absolute atomic E-state index is 0. The average molecular weight is 453 g/mol. The van der Waals surface area contributed by atoms with E-state index in [4.69, 9.17) is 9.47 Å². The molecule has 1 aliphatic heterocycles. The van der Waals surface area contributed by atoms with Gasteiger partial charge in [-0.1, -0.05) is 29.8 Å². The van der Waals surface area contributed by atoms with Gasteiger partial charge >= 0.3 is 0 Å². The highest BCUT2D eigenvalue weighted by Crippen LogP contribution is 2.32. The van der Waals surface area contributed by atoms with E-state index < -0.39 is 0 Å². The van der Waals surface area contributed by atoms with Crippen LogP contribution in [-0.4, -0.2) is 26.2 Å². The molecule has 0 aliphatic carbocycles. The van der Waals surface area contributed by atoms with Crippen molar-refractivity contribution in [1.82, 2.24) is 5.32 Å². The second-order valence-electron chi connectivity index (χ2n) is 5.75. The topological polar surface area (TPSA) is 54.9 Å². The number of aliphatic imine (C=N–C) groups is 1. The van der Waals surface area contributed by atoms with Gasteiger partial charge in [0, 0.05) is 31.8 Å². The molecule has 0 bridgehead atoms. The Morgan fingerprint density at radius 1 is 1.08 bits per heavy atom. The fourth-order valence-corrected chi connectivity index (χ4v) is 2.56. The zero-order valence-corrected chi connectivity index (χ0v) is 16.9. The molecule has 0 aromatic heterocycles. The molecule has 2 aromatic rings. The number of nitrogens with one attached hydrogen (secondary N) is 2. The smallest absolute Gasteiger partial charge is 0.195 e. The number of anilines is 1. The molecule has 0 radical (unpaired) electrons. The first-order chi connectivity index (χ1) is 11.7. The van der Waals surface area contributed by atoms with Crippen LogP contribution in [0.25, 0.3) is 0 Å². The first kappa shape index (κ1) is 19.4. The quantitative estimate of drug-likeness (QED) is 0.420. The Morgan fingerprint density at radius 3 is 2.64 bits per heavy atom. The van der Waals surface area contributed by atoms with Crippen LogP contribution in [0, 0.1) is 6.92 Å². The Morgan fingerprint density at radius 2 is 1.88 bits per heavy atom. The number of hydrogen-bond donors (Lipinski definition) is 2. The first-order valence-corrected chi connectivity index (χ1v) is 8.17. The standard InChI is InChI=1S/C19H23N3O2.HI/c1-14-5-3-6-15(11-14)13-21-19(20-2)22-16-7-8-17-18(12-16)24-10-4-9-23-17;/h3,5-8,11-12H,4,9-10,13H2,1-2H3,(H2,20,21,22);1H. The highest BCUT2D eigenvalue weighted by Gasteiger charge is 2.11. The molecule has 0 saturated heterocycles. The van der Waals surface area contributed by atoms with Gasteiger partial charge < -0.3 is 20.1 Å². The molecule has 0 amide bonds. The van der Waals surface area contributed by atoms with E-state index in [-0.39, 0.29) is 24.0 Å². The van der Waals surface area contributed by atoms with Gasteiger partial charge in [0.2, 0.25) is 0 Å². The van der Waals surface area contributed by atoms with Crippen LogP contribution in [0.3, 0.4) is 0 Å². The van der Waals surface area contributed by atoms with Crippen molar-refractivity contribution in [1.29, 1.82) is 0 Å². The Bertz CT molecular complexity index is 734. The highest BCUT2D eigenvalue weighted by atomic mass is 127. The lowest BCUT2D eigenvalue weighted by atomic mass is 10.1. The van der Waals surface area contributed by atoms with E-state index in [2.05, 4.69) is 46.8 Å². The molecule has 0 unspecified atom stereocenters. The number of hydrogen-bond acceptors (Lipinski definition) is 3. The van der Waals surface area contributed by atoms with E-state index >= 15 is 0 Å². The summed E-state index contributed by atoms with van der Waals surface area (Å²) in [5.41, 5.74) is 3.38. The Labute approximate surface area is 165 Å². The lowest BCUT2D eigenvalue weighted by Gasteiger charge is -2.14. The number of benzene rings is 2. The van der Waals surface area contributed by atoms with Gasteiger partial charge in [0.1, 0.15) is 0 Å². The number of guanidine groups is 1. The van der Waals surface area contributed by atoms with Crippen molar-refractivity contribution in [3.63, 3.8) is 0 Å². The van der Waals surface area contributed by atoms with Gasteiger partial charge in [0.05, 0.1) is 13.2 Å². The van der Waals surface area contributed by atoms with Crippen molar-refractivity contribution < 1.29 is 9.47 Å². The number of halogens is 1. The summed E-state index contributed by atoms with van der Waals surface area (Å²) < 4.78 is 11.4. The van der Waals surface area contributed by atoms with Crippen molar-refractivity contribution in [3.05, 3.63) is 53.6 Å². The van der Waals surface area contributed by atoms with Gasteiger partial charge in [-0.05, 0) is 24.6 Å². The lowest BCUT2D eigenvalue weighted by molar-refractivity contribution is 0.297. The van der Waals surface area contributed by atoms with Crippen LogP contribution in [-0.2, 0) is 6.54 Å². The summed E-state index contributed by atoms with van der Waals surface area (Å²) in [6.07, 6.45) is 0.900. The molecule has 134 valence electrons. The van der Waals surface area contributed by atoms with Crippen LogP contribution in [0.15, 0.2) is 47.5 Å². The molecule has 0 atom stereocenters. The largest absolute Gasteiger partial charge is 0.490 e. The van der Waals surface area contributed by atoms with Crippen molar-refractivity contribution in [3.8, 4) is 11.5 Å². The summed E-state index contributed by atoms with van der Waals surface area (Å²) in [5, 5.41) is 6.61. The molecular weight excluding hydrogens is 429 g/mol. The summed E-state index contributed by atoms with van der Waals surface area (Å²) in [6, 6.07) is 14.2. The van der Waals surface area contributed by atoms with Crippen LogP contribution >= 0.6 is 24.0 Å². The second-order valence-corrected chi connectivity index (χ2v) is 5.75. The molecule has 3 rings (SSSR count). The molecule has 2 N–H and O–H groups in total. The molecule has 1 aliphatic rings. The van der Waals surface area contributed by atoms with Crippen molar-refractivity contribution in [2.45, 2.75) is 19.9 Å². The number of nitrogens with zero attached hydrogens (tertiary/aromatic N) is 1. The van der Waals surface area contributed by atoms with E-state index in [9.17, 15) is 0 Å². The summed E-state index contributed by atoms with van der Waals surface area (Å²) in [7, 11) is 1.76. The predicted molar refractivity (Wildman–Crippen MR) is 112 cm³/mol. The molecule has 0 saturated carbocycles. The van der Waals surface area contributed by atoms with Crippen LogP contribution in [0.5, 0.6) is 11.5 Å². The second kappa shape index (κ2) is 9.50. The Balaban J connectivity index is 0.00000225. The average Bonchev–Trinajstić information content (AvgIpc) is 2.83. The van der Waals surface area contributed by atoms with E-state index in [0.29, 0.717) is 25.7 Å². The lowest BCUT2D eigenvalue weighted by Crippen LogP contribution is -2.30. The highest BCUT2D eigenvalue weighted by molar-refractivity contribution is 14.0. The number of fused-ring (bicyclic) bond motifs is 1. The van der Waals surface area contributed by atoms with Crippen molar-refractivity contribution in [2.75, 3.05) is 25.6 Å². The third-order valence-electron chi connectivity index (χ3n) is 3.78. The zero-order valence-electron chi connectivity index (χ0n) is 14.5. The van der Waals surface area contributed by atoms with E-state index in [1.807, 2.05) is 18.2 Å². The van der Waals surface area contributed by atoms with Crippen LogP contribution in [0.4, 0.5) is 5.69 Å². The fourth-order valence-electron chi connectivity index (χ4n) is 2.56. The van der Waals surface area contributed by atoms with E-state index in [1.165, 1.54) is 11.1 Å². The summed E-state index contributed by atoms with van der Waals surface area (Å²) in [5.74, 6) is 2.28. The molecule has 0 spiro atoms. The van der Waals surface area contributed by atoms with Gasteiger partial charge in [-0.2, -0.15) is 0 Å². The maximum absolute atomic E-state index is 5.72. The van der Waals surface area contributed by atoms with E-state index in [1.54, 1.807) is 7.05 Å². The summed E-state index contributed by atoms with van der Waals surface area (Å²) >= 11 is 0. The zero-order chi connectivity index (χ0) is 16.8. The monoisotopic (exact) mass is 453 g/mol. The SMILES string of the molecule is CN=C(NCc1cccc(C)c1)Nc1ccc2c(c1)OCCCO2.I. The minimum Gasteiger partial charge on any atom is -0.490 e. The van der Waals surface area contributed by atoms with Gasteiger partial charge in [0.25, 0.3) is 0 Å². The van der Waals surface area contributed by atoms with Crippen molar-refractivity contribution in [2.24, 2.45) is 4.99 Å². The fraction of sp³-hybridized carbons (Fsp3) is 0.316. The van der Waals surface area contributed by atoms with E-state index in [0.717, 1.165) is 23.6 Å². The van der Waals surface area contributed by atoms with Crippen molar-refractivity contribution >= 4 is 35.6 Å². The summed E-state index contributed by atoms with van der Waals surface area (Å²) in [6.45, 7) is 4.18. The Hall–Kier alpha value is -1.96. The van der Waals surface area contributed by atoms with Gasteiger partial charge in [-0.25, -0.2) is 0 Å². The first-order valence-electron chi connectivity index (χ1n) is 8.17. The minimum atomic E-state index is 0. The molecule has 25 heavy (non-hydrogen) atoms. The Kier molecular flexibility index (Phi) is 7.36. The van der Waals surface area contributed by atoms with Gasteiger partial charge in [-0.15, -0.1) is 24.0 Å². The third kappa shape index (κ3) is 5.52. The van der Waals surface area contributed by atoms with Gasteiger partial charge in [-0.3, -0.25) is 4.99 Å². The van der Waals surface area contributed by atoms with Crippen LogP contribution < -0.4 is 20.1 Å². The summed E-state index contributed by atoms with van der Waals surface area (Å²) in [4.78, 5) is 4.27. The molecule has 1 heterocycles. The number of ether oxygens (including phenoxy) is 2. The molecule has 5 nitrogen and oxygen atoms in total.